The fraction of sp³-hybridized carbons (Fsp3) is 0.348. The monoisotopic (exact) mass is 475 g/mol. The summed E-state index contributed by atoms with van der Waals surface area (Å²) in [6.07, 6.45) is -1.05. The third kappa shape index (κ3) is 6.27. The Bertz CT molecular complexity index is 1130. The molecule has 0 aliphatic heterocycles. The molecule has 0 amide bonds. The van der Waals surface area contributed by atoms with Crippen LogP contribution in [0, 0.1) is 28.7 Å². The molecule has 0 radical (unpaired) electrons. The maximum Gasteiger partial charge on any atom is 0.333 e. The number of nitro groups is 1. The maximum absolute atomic E-state index is 13.7. The van der Waals surface area contributed by atoms with Crippen LogP contribution in [0.2, 0.25) is 0 Å². The molecule has 3 rings (SSSR count). The van der Waals surface area contributed by atoms with Crippen molar-refractivity contribution in [2.45, 2.75) is 32.0 Å². The highest BCUT2D eigenvalue weighted by molar-refractivity contribution is 5.60. The minimum atomic E-state index is -1.06. The van der Waals surface area contributed by atoms with Gasteiger partial charge in [-0.15, -0.1) is 0 Å². The Morgan fingerprint density at radius 3 is 2.56 bits per heavy atom. The van der Waals surface area contributed by atoms with Crippen LogP contribution in [0.25, 0.3) is 0 Å². The normalized spacial score (nSPS) is 12.9. The lowest BCUT2D eigenvalue weighted by Crippen LogP contribution is -2.42. The lowest BCUT2D eigenvalue weighted by Gasteiger charge is -2.25. The van der Waals surface area contributed by atoms with Crippen molar-refractivity contribution in [3.05, 3.63) is 81.0 Å². The smallest absolute Gasteiger partial charge is 0.333 e. The average Bonchev–Trinajstić information content (AvgIpc) is 3.05. The summed E-state index contributed by atoms with van der Waals surface area (Å²) in [6, 6.07) is 9.69. The van der Waals surface area contributed by atoms with Gasteiger partial charge in [0.1, 0.15) is 23.1 Å². The first kappa shape index (κ1) is 25.1. The molecule has 3 N–H and O–H groups in total. The van der Waals surface area contributed by atoms with Crippen LogP contribution in [0.5, 0.6) is 5.75 Å². The van der Waals surface area contributed by atoms with Gasteiger partial charge in [0.05, 0.1) is 24.2 Å². The zero-order valence-corrected chi connectivity index (χ0v) is 19.1. The maximum atomic E-state index is 13.7. The number of halogens is 2. The van der Waals surface area contributed by atoms with Crippen molar-refractivity contribution in [3.8, 4) is 5.75 Å². The first-order valence-corrected chi connectivity index (χ1v) is 10.6. The van der Waals surface area contributed by atoms with Gasteiger partial charge in [-0.3, -0.25) is 10.1 Å². The van der Waals surface area contributed by atoms with Gasteiger partial charge < -0.3 is 20.5 Å². The van der Waals surface area contributed by atoms with Crippen LogP contribution in [0.3, 0.4) is 0 Å². The number of hydrogen-bond acceptors (Lipinski definition) is 7. The van der Waals surface area contributed by atoms with Crippen LogP contribution in [-0.2, 0) is 20.0 Å². The van der Waals surface area contributed by atoms with Crippen molar-refractivity contribution >= 4 is 11.5 Å². The molecule has 0 bridgehead atoms. The molecule has 0 spiro atoms. The van der Waals surface area contributed by atoms with Crippen molar-refractivity contribution in [3.63, 3.8) is 0 Å². The number of methoxy groups -OCH3 is 1. The van der Waals surface area contributed by atoms with Crippen molar-refractivity contribution in [2.75, 3.05) is 19.0 Å². The number of rotatable bonds is 11. The SMILES string of the molecule is COc1cccc(CNC[C@@H](O)[C@H](Cc2cc(F)cc(F)c2)Nc2c([N+](=O)[O-])c(C)nn2C)c1. The second kappa shape index (κ2) is 11.0. The standard InChI is InChI=1S/C23H27F2N5O4/c1-14-22(30(32)33)23(29(2)28-14)27-20(10-16-7-17(24)11-18(25)8-16)21(31)13-26-12-15-5-4-6-19(9-15)34-3/h4-9,11,20-21,26-27,31H,10,12-13H2,1-3H3/t20-,21+/m0/s1. The average molecular weight is 475 g/mol. The third-order valence-electron chi connectivity index (χ3n) is 5.35. The molecule has 2 aromatic carbocycles. The van der Waals surface area contributed by atoms with Crippen LogP contribution >= 0.6 is 0 Å². The van der Waals surface area contributed by atoms with Crippen LogP contribution in [0.15, 0.2) is 42.5 Å². The van der Waals surface area contributed by atoms with E-state index in [4.69, 9.17) is 4.74 Å². The van der Waals surface area contributed by atoms with E-state index in [-0.39, 0.29) is 30.2 Å². The quantitative estimate of drug-likeness (QED) is 0.288. The first-order chi connectivity index (χ1) is 16.2. The number of anilines is 1. The highest BCUT2D eigenvalue weighted by atomic mass is 19.1. The Balaban J connectivity index is 1.80. The third-order valence-corrected chi connectivity index (χ3v) is 5.35. The number of aryl methyl sites for hydroxylation is 2. The number of aliphatic hydroxyl groups excluding tert-OH is 1. The Morgan fingerprint density at radius 1 is 1.21 bits per heavy atom. The van der Waals surface area contributed by atoms with Gasteiger partial charge in [-0.1, -0.05) is 12.1 Å². The molecule has 0 saturated heterocycles. The van der Waals surface area contributed by atoms with E-state index in [9.17, 15) is 24.0 Å². The fourth-order valence-corrected chi connectivity index (χ4v) is 3.76. The van der Waals surface area contributed by atoms with Gasteiger partial charge in [-0.2, -0.15) is 5.10 Å². The van der Waals surface area contributed by atoms with E-state index in [1.165, 1.54) is 18.7 Å². The molecular weight excluding hydrogens is 448 g/mol. The van der Waals surface area contributed by atoms with Gasteiger partial charge in [0, 0.05) is 26.2 Å². The molecule has 0 aliphatic rings. The van der Waals surface area contributed by atoms with Crippen molar-refractivity contribution in [1.82, 2.24) is 15.1 Å². The van der Waals surface area contributed by atoms with E-state index in [1.54, 1.807) is 7.11 Å². The molecule has 1 heterocycles. The first-order valence-electron chi connectivity index (χ1n) is 10.6. The van der Waals surface area contributed by atoms with Crippen LogP contribution in [0.1, 0.15) is 16.8 Å². The summed E-state index contributed by atoms with van der Waals surface area (Å²) in [6.45, 7) is 2.05. The van der Waals surface area contributed by atoms with Gasteiger partial charge in [0.15, 0.2) is 0 Å². The fourth-order valence-electron chi connectivity index (χ4n) is 3.76. The second-order valence-corrected chi connectivity index (χ2v) is 7.95. The summed E-state index contributed by atoms with van der Waals surface area (Å²) in [5, 5.41) is 32.7. The van der Waals surface area contributed by atoms with E-state index in [2.05, 4.69) is 15.7 Å². The van der Waals surface area contributed by atoms with Crippen molar-refractivity contribution < 1.29 is 23.5 Å². The summed E-state index contributed by atoms with van der Waals surface area (Å²) in [5.41, 5.74) is 1.20. The number of nitrogens with one attached hydrogen (secondary N) is 2. The zero-order valence-electron chi connectivity index (χ0n) is 19.1. The van der Waals surface area contributed by atoms with Gasteiger partial charge in [-0.25, -0.2) is 13.5 Å². The van der Waals surface area contributed by atoms with E-state index in [1.807, 2.05) is 24.3 Å². The molecule has 2 atom stereocenters. The summed E-state index contributed by atoms with van der Waals surface area (Å²) >= 11 is 0. The molecule has 1 aromatic heterocycles. The number of aliphatic hydroxyl groups is 1. The molecule has 182 valence electrons. The van der Waals surface area contributed by atoms with Crippen molar-refractivity contribution in [2.24, 2.45) is 7.05 Å². The molecule has 0 unspecified atom stereocenters. The molecular formula is C23H27F2N5O4. The minimum absolute atomic E-state index is 0.0120. The van der Waals surface area contributed by atoms with E-state index in [0.29, 0.717) is 17.9 Å². The largest absolute Gasteiger partial charge is 0.497 e. The van der Waals surface area contributed by atoms with Gasteiger partial charge in [0.25, 0.3) is 0 Å². The number of ether oxygens (including phenoxy) is 1. The Morgan fingerprint density at radius 2 is 1.91 bits per heavy atom. The number of benzene rings is 2. The van der Waals surface area contributed by atoms with Gasteiger partial charge in [-0.05, 0) is 48.7 Å². The molecule has 0 fully saturated rings. The molecule has 9 nitrogen and oxygen atoms in total. The molecule has 11 heteroatoms. The Hall–Kier alpha value is -3.57. The highest BCUT2D eigenvalue weighted by Gasteiger charge is 2.29. The predicted molar refractivity (Wildman–Crippen MR) is 123 cm³/mol. The van der Waals surface area contributed by atoms with Crippen LogP contribution in [-0.4, -0.2) is 45.6 Å². The Kier molecular flexibility index (Phi) is 8.13. The van der Waals surface area contributed by atoms with E-state index >= 15 is 0 Å². The minimum Gasteiger partial charge on any atom is -0.497 e. The summed E-state index contributed by atoms with van der Waals surface area (Å²) in [7, 11) is 3.11. The van der Waals surface area contributed by atoms with Crippen molar-refractivity contribution in [1.29, 1.82) is 0 Å². The number of hydrogen-bond donors (Lipinski definition) is 3. The zero-order chi connectivity index (χ0) is 24.8. The van der Waals surface area contributed by atoms with Gasteiger partial charge >= 0.3 is 5.69 Å². The topological polar surface area (TPSA) is 114 Å². The number of aromatic nitrogens is 2. The van der Waals surface area contributed by atoms with E-state index < -0.39 is 28.7 Å². The summed E-state index contributed by atoms with van der Waals surface area (Å²) in [5.74, 6) is -0.703. The van der Waals surface area contributed by atoms with E-state index in [0.717, 1.165) is 23.8 Å². The molecule has 0 saturated carbocycles. The lowest BCUT2D eigenvalue weighted by atomic mass is 10.0. The second-order valence-electron chi connectivity index (χ2n) is 7.95. The summed E-state index contributed by atoms with van der Waals surface area (Å²) in [4.78, 5) is 11.0. The van der Waals surface area contributed by atoms with Crippen LogP contribution < -0.4 is 15.4 Å². The van der Waals surface area contributed by atoms with Gasteiger partial charge in [0.2, 0.25) is 5.82 Å². The summed E-state index contributed by atoms with van der Waals surface area (Å²) < 4.78 is 34.0. The molecule has 0 aliphatic carbocycles. The molecule has 3 aromatic rings. The Labute approximate surface area is 195 Å². The lowest BCUT2D eigenvalue weighted by molar-refractivity contribution is -0.384. The van der Waals surface area contributed by atoms with Crippen LogP contribution in [0.4, 0.5) is 20.3 Å². The number of nitrogens with zero attached hydrogens (tertiary/aromatic N) is 3. The highest BCUT2D eigenvalue weighted by Crippen LogP contribution is 2.29. The molecule has 34 heavy (non-hydrogen) atoms. The predicted octanol–water partition coefficient (Wildman–Crippen LogP) is 3.10.